The summed E-state index contributed by atoms with van der Waals surface area (Å²) in [6.45, 7) is 0.911. The molecule has 0 atom stereocenters. The molecule has 0 aliphatic carbocycles. The molecule has 4 heteroatoms. The van der Waals surface area contributed by atoms with Crippen LogP contribution in [0, 0.1) is 11.3 Å². The minimum absolute atomic E-state index is 0.365. The van der Waals surface area contributed by atoms with E-state index in [2.05, 4.69) is 21.7 Å². The number of hydrogen-bond acceptors (Lipinski definition) is 2. The molecule has 0 N–H and O–H groups in total. The Morgan fingerprint density at radius 2 is 2.06 bits per heavy atom. The molecule has 1 aromatic heterocycles. The quantitative estimate of drug-likeness (QED) is 0.590. The standard InChI is InChI=1S/C14H16ClN3/c15-9-4-1-5-11-18-13-7-3-2-6-12(13)17-14(18)8-10-16/h2-3,6-7H,1,4-5,8-9,11H2. The highest BCUT2D eigenvalue weighted by Gasteiger charge is 2.09. The van der Waals surface area contributed by atoms with Crippen LogP contribution in [0.1, 0.15) is 25.1 Å². The van der Waals surface area contributed by atoms with Crippen molar-refractivity contribution in [3.63, 3.8) is 0 Å². The van der Waals surface area contributed by atoms with Gasteiger partial charge in [-0.3, -0.25) is 0 Å². The molecule has 0 aliphatic heterocycles. The molecule has 2 rings (SSSR count). The van der Waals surface area contributed by atoms with E-state index in [4.69, 9.17) is 16.9 Å². The van der Waals surface area contributed by atoms with Crippen molar-refractivity contribution in [2.24, 2.45) is 0 Å². The van der Waals surface area contributed by atoms with Gasteiger partial charge in [-0.2, -0.15) is 5.26 Å². The number of halogens is 1. The number of nitriles is 1. The van der Waals surface area contributed by atoms with Crippen molar-refractivity contribution in [3.05, 3.63) is 30.1 Å². The number of alkyl halides is 1. The number of para-hydroxylation sites is 2. The Bertz CT molecular complexity index is 554. The highest BCUT2D eigenvalue weighted by Crippen LogP contribution is 2.17. The summed E-state index contributed by atoms with van der Waals surface area (Å²) >= 11 is 5.68. The Balaban J connectivity index is 2.22. The minimum atomic E-state index is 0.365. The molecule has 0 bridgehead atoms. The van der Waals surface area contributed by atoms with E-state index in [9.17, 15) is 0 Å². The molecule has 1 heterocycles. The largest absolute Gasteiger partial charge is 0.327 e. The van der Waals surface area contributed by atoms with Gasteiger partial charge in [0.1, 0.15) is 5.82 Å². The van der Waals surface area contributed by atoms with Crippen molar-refractivity contribution in [3.8, 4) is 6.07 Å². The summed E-state index contributed by atoms with van der Waals surface area (Å²) in [7, 11) is 0. The number of aryl methyl sites for hydroxylation is 1. The van der Waals surface area contributed by atoms with Crippen LogP contribution in [0.25, 0.3) is 11.0 Å². The smallest absolute Gasteiger partial charge is 0.124 e. The molecule has 0 aliphatic rings. The Kier molecular flexibility index (Phi) is 4.60. The maximum Gasteiger partial charge on any atom is 0.124 e. The van der Waals surface area contributed by atoms with Crippen LogP contribution in [0.2, 0.25) is 0 Å². The lowest BCUT2D eigenvalue weighted by Gasteiger charge is -2.06. The number of aromatic nitrogens is 2. The number of nitrogens with zero attached hydrogens (tertiary/aromatic N) is 3. The van der Waals surface area contributed by atoms with E-state index in [1.165, 1.54) is 0 Å². The third kappa shape index (κ3) is 2.83. The molecular formula is C14H16ClN3. The van der Waals surface area contributed by atoms with Crippen LogP contribution < -0.4 is 0 Å². The zero-order chi connectivity index (χ0) is 12.8. The Labute approximate surface area is 112 Å². The summed E-state index contributed by atoms with van der Waals surface area (Å²) in [5.41, 5.74) is 2.09. The normalized spacial score (nSPS) is 10.7. The number of rotatable bonds is 6. The highest BCUT2D eigenvalue weighted by atomic mass is 35.5. The summed E-state index contributed by atoms with van der Waals surface area (Å²) in [5, 5.41) is 8.86. The van der Waals surface area contributed by atoms with Gasteiger partial charge in [-0.25, -0.2) is 4.98 Å². The average molecular weight is 262 g/mol. The molecule has 1 aromatic carbocycles. The fourth-order valence-corrected chi connectivity index (χ4v) is 2.31. The van der Waals surface area contributed by atoms with Crippen LogP contribution in [0.15, 0.2) is 24.3 Å². The van der Waals surface area contributed by atoms with E-state index in [-0.39, 0.29) is 0 Å². The second kappa shape index (κ2) is 6.42. The number of imidazole rings is 1. The fraction of sp³-hybridized carbons (Fsp3) is 0.429. The monoisotopic (exact) mass is 261 g/mol. The predicted molar refractivity (Wildman–Crippen MR) is 73.6 cm³/mol. The van der Waals surface area contributed by atoms with Crippen molar-refractivity contribution < 1.29 is 0 Å². The predicted octanol–water partition coefficient (Wildman–Crippen LogP) is 3.51. The van der Waals surface area contributed by atoms with Crippen molar-refractivity contribution in [2.45, 2.75) is 32.2 Å². The van der Waals surface area contributed by atoms with Crippen LogP contribution in [-0.4, -0.2) is 15.4 Å². The molecule has 0 amide bonds. The van der Waals surface area contributed by atoms with Gasteiger partial charge < -0.3 is 4.57 Å². The van der Waals surface area contributed by atoms with E-state index in [1.54, 1.807) is 0 Å². The fourth-order valence-electron chi connectivity index (χ4n) is 2.12. The Hall–Kier alpha value is -1.53. The van der Waals surface area contributed by atoms with Gasteiger partial charge >= 0.3 is 0 Å². The lowest BCUT2D eigenvalue weighted by Crippen LogP contribution is -2.03. The number of hydrogen-bond donors (Lipinski definition) is 0. The van der Waals surface area contributed by atoms with Gasteiger partial charge in [-0.05, 0) is 25.0 Å². The minimum Gasteiger partial charge on any atom is -0.327 e. The molecule has 94 valence electrons. The average Bonchev–Trinajstić information content (AvgIpc) is 2.73. The number of benzene rings is 1. The lowest BCUT2D eigenvalue weighted by atomic mass is 10.2. The van der Waals surface area contributed by atoms with Gasteiger partial charge in [0.2, 0.25) is 0 Å². The zero-order valence-electron chi connectivity index (χ0n) is 10.3. The number of fused-ring (bicyclic) bond motifs is 1. The van der Waals surface area contributed by atoms with Crippen LogP contribution in [0.4, 0.5) is 0 Å². The molecule has 0 saturated carbocycles. The SMILES string of the molecule is N#CCc1nc2ccccc2n1CCCCCCl. The van der Waals surface area contributed by atoms with Gasteiger partial charge in [-0.15, -0.1) is 11.6 Å². The molecule has 0 unspecified atom stereocenters. The molecule has 3 nitrogen and oxygen atoms in total. The summed E-state index contributed by atoms with van der Waals surface area (Å²) in [6, 6.07) is 10.2. The third-order valence-corrected chi connectivity index (χ3v) is 3.25. The third-order valence-electron chi connectivity index (χ3n) is 2.99. The summed E-state index contributed by atoms with van der Waals surface area (Å²) in [4.78, 5) is 4.52. The maximum absolute atomic E-state index is 8.86. The zero-order valence-corrected chi connectivity index (χ0v) is 11.0. The van der Waals surface area contributed by atoms with Gasteiger partial charge in [0.15, 0.2) is 0 Å². The van der Waals surface area contributed by atoms with E-state index in [0.717, 1.165) is 48.5 Å². The van der Waals surface area contributed by atoms with Crippen molar-refractivity contribution in [1.82, 2.24) is 9.55 Å². The van der Waals surface area contributed by atoms with Gasteiger partial charge in [0, 0.05) is 12.4 Å². The van der Waals surface area contributed by atoms with Crippen LogP contribution >= 0.6 is 11.6 Å². The second-order valence-corrected chi connectivity index (χ2v) is 4.63. The van der Waals surface area contributed by atoms with Crippen LogP contribution in [0.5, 0.6) is 0 Å². The summed E-state index contributed by atoms with van der Waals surface area (Å²) in [6.07, 6.45) is 3.60. The molecule has 18 heavy (non-hydrogen) atoms. The summed E-state index contributed by atoms with van der Waals surface area (Å²) in [5.74, 6) is 1.58. The molecule has 0 radical (unpaired) electrons. The number of unbranched alkanes of at least 4 members (excludes halogenated alkanes) is 2. The van der Waals surface area contributed by atoms with Gasteiger partial charge in [0.05, 0.1) is 23.5 Å². The first-order valence-corrected chi connectivity index (χ1v) is 6.77. The van der Waals surface area contributed by atoms with Crippen molar-refractivity contribution in [1.29, 1.82) is 5.26 Å². The van der Waals surface area contributed by atoms with Crippen LogP contribution in [0.3, 0.4) is 0 Å². The Morgan fingerprint density at radius 3 is 2.83 bits per heavy atom. The summed E-state index contributed by atoms with van der Waals surface area (Å²) < 4.78 is 2.16. The lowest BCUT2D eigenvalue weighted by molar-refractivity contribution is 0.599. The van der Waals surface area contributed by atoms with E-state index in [0.29, 0.717) is 6.42 Å². The first kappa shape index (κ1) is 12.9. The molecule has 0 spiro atoms. The molecule has 0 saturated heterocycles. The highest BCUT2D eigenvalue weighted by molar-refractivity contribution is 6.17. The first-order chi connectivity index (χ1) is 8.86. The second-order valence-electron chi connectivity index (χ2n) is 4.25. The van der Waals surface area contributed by atoms with E-state index >= 15 is 0 Å². The van der Waals surface area contributed by atoms with Crippen LogP contribution in [-0.2, 0) is 13.0 Å². The molecule has 0 fully saturated rings. The van der Waals surface area contributed by atoms with E-state index < -0.39 is 0 Å². The first-order valence-electron chi connectivity index (χ1n) is 6.24. The van der Waals surface area contributed by atoms with Crippen molar-refractivity contribution >= 4 is 22.6 Å². The molecular weight excluding hydrogens is 246 g/mol. The van der Waals surface area contributed by atoms with Gasteiger partial charge in [-0.1, -0.05) is 18.6 Å². The topological polar surface area (TPSA) is 41.6 Å². The van der Waals surface area contributed by atoms with Crippen molar-refractivity contribution in [2.75, 3.05) is 5.88 Å². The Morgan fingerprint density at radius 1 is 1.22 bits per heavy atom. The maximum atomic E-state index is 8.86. The van der Waals surface area contributed by atoms with Gasteiger partial charge in [0.25, 0.3) is 0 Å². The van der Waals surface area contributed by atoms with E-state index in [1.807, 2.05) is 18.2 Å². The molecule has 2 aromatic rings.